The molecule has 38 heavy (non-hydrogen) atoms. The minimum absolute atomic E-state index is 0.0906. The van der Waals surface area contributed by atoms with E-state index in [2.05, 4.69) is 30.2 Å². The van der Waals surface area contributed by atoms with Gasteiger partial charge in [-0.1, -0.05) is 69.2 Å². The van der Waals surface area contributed by atoms with Crippen LogP contribution >= 0.6 is 12.6 Å². The van der Waals surface area contributed by atoms with Gasteiger partial charge in [0, 0.05) is 18.3 Å². The second-order valence-electron chi connectivity index (χ2n) is 11.6. The summed E-state index contributed by atoms with van der Waals surface area (Å²) < 4.78 is 5.41. The molecule has 2 atom stereocenters. The van der Waals surface area contributed by atoms with Crippen molar-refractivity contribution in [3.8, 4) is 0 Å². The van der Waals surface area contributed by atoms with Gasteiger partial charge in [0.05, 0.1) is 0 Å². The van der Waals surface area contributed by atoms with E-state index in [0.29, 0.717) is 6.54 Å². The lowest BCUT2D eigenvalue weighted by molar-refractivity contribution is -0.142. The van der Waals surface area contributed by atoms with E-state index in [1.54, 1.807) is 25.7 Å². The molecule has 0 bridgehead atoms. The topological polar surface area (TPSA) is 87.7 Å². The van der Waals surface area contributed by atoms with Crippen molar-refractivity contribution < 1.29 is 19.1 Å². The van der Waals surface area contributed by atoms with Crippen LogP contribution in [0.15, 0.2) is 18.2 Å². The molecule has 1 saturated carbocycles. The summed E-state index contributed by atoms with van der Waals surface area (Å²) in [6.07, 6.45) is 8.45. The molecular weight excluding hydrogens is 498 g/mol. The molecule has 2 N–H and O–H groups in total. The van der Waals surface area contributed by atoms with E-state index < -0.39 is 23.8 Å². The molecular formula is C30H49N3O4S. The van der Waals surface area contributed by atoms with Gasteiger partial charge in [-0.3, -0.25) is 9.59 Å². The Labute approximate surface area is 235 Å². The van der Waals surface area contributed by atoms with Gasteiger partial charge in [0.1, 0.15) is 17.7 Å². The molecule has 1 aliphatic rings. The van der Waals surface area contributed by atoms with Crippen molar-refractivity contribution in [1.29, 1.82) is 0 Å². The van der Waals surface area contributed by atoms with E-state index in [1.807, 2.05) is 32.0 Å². The smallest absolute Gasteiger partial charge is 0.408 e. The van der Waals surface area contributed by atoms with Crippen LogP contribution < -0.4 is 10.6 Å². The summed E-state index contributed by atoms with van der Waals surface area (Å²) in [4.78, 5) is 42.3. The molecule has 3 amide bonds. The molecule has 0 aromatic heterocycles. The van der Waals surface area contributed by atoms with E-state index in [0.717, 1.165) is 68.1 Å². The number of amides is 3. The molecule has 1 aromatic rings. The number of hydrogen-bond donors (Lipinski definition) is 3. The zero-order valence-corrected chi connectivity index (χ0v) is 25.2. The van der Waals surface area contributed by atoms with Gasteiger partial charge in [0.25, 0.3) is 0 Å². The number of aryl methyl sites for hydroxylation is 2. The Morgan fingerprint density at radius 2 is 1.76 bits per heavy atom. The highest BCUT2D eigenvalue weighted by molar-refractivity contribution is 7.80. The number of nitrogens with one attached hydrogen (secondary N) is 2. The Morgan fingerprint density at radius 1 is 1.08 bits per heavy atom. The van der Waals surface area contributed by atoms with Gasteiger partial charge in [0.15, 0.2) is 0 Å². The first-order valence-electron chi connectivity index (χ1n) is 14.2. The minimum atomic E-state index is -0.922. The van der Waals surface area contributed by atoms with Crippen LogP contribution in [0.1, 0.15) is 108 Å². The Kier molecular flexibility index (Phi) is 13.0. The molecule has 214 valence electrons. The van der Waals surface area contributed by atoms with Crippen LogP contribution in [0.5, 0.6) is 0 Å². The Balaban J connectivity index is 2.45. The fourth-order valence-corrected chi connectivity index (χ4v) is 5.19. The fourth-order valence-electron chi connectivity index (χ4n) is 4.94. The Hall–Kier alpha value is -2.22. The third kappa shape index (κ3) is 10.2. The maximum Gasteiger partial charge on any atom is 0.408 e. The molecule has 1 aliphatic carbocycles. The van der Waals surface area contributed by atoms with Gasteiger partial charge in [-0.05, 0) is 65.0 Å². The average molecular weight is 548 g/mol. The van der Waals surface area contributed by atoms with Gasteiger partial charge in [-0.15, -0.1) is 0 Å². The van der Waals surface area contributed by atoms with E-state index in [9.17, 15) is 14.4 Å². The van der Waals surface area contributed by atoms with Crippen molar-refractivity contribution in [2.75, 3.05) is 12.3 Å². The third-order valence-corrected chi connectivity index (χ3v) is 7.31. The fraction of sp³-hybridized carbons (Fsp3) is 0.700. The predicted molar refractivity (Wildman–Crippen MR) is 157 cm³/mol. The van der Waals surface area contributed by atoms with Crippen LogP contribution in [0.2, 0.25) is 0 Å². The number of rotatable bonds is 12. The molecule has 8 heteroatoms. The van der Waals surface area contributed by atoms with Crippen LogP contribution in [0.3, 0.4) is 0 Å². The lowest BCUT2D eigenvalue weighted by atomic mass is 9.93. The predicted octanol–water partition coefficient (Wildman–Crippen LogP) is 6.03. The van der Waals surface area contributed by atoms with E-state index >= 15 is 0 Å². The van der Waals surface area contributed by atoms with Crippen LogP contribution in [0, 0.1) is 13.8 Å². The van der Waals surface area contributed by atoms with Crippen LogP contribution in [-0.4, -0.2) is 52.8 Å². The summed E-state index contributed by atoms with van der Waals surface area (Å²) >= 11 is 4.39. The largest absolute Gasteiger partial charge is 0.444 e. The van der Waals surface area contributed by atoms with Crippen molar-refractivity contribution in [3.63, 3.8) is 0 Å². The van der Waals surface area contributed by atoms with Gasteiger partial charge >= 0.3 is 6.09 Å². The summed E-state index contributed by atoms with van der Waals surface area (Å²) in [6, 6.07) is 4.41. The number of hydrogen-bond acceptors (Lipinski definition) is 5. The number of nitrogens with zero attached hydrogens (tertiary/aromatic N) is 1. The second kappa shape index (κ2) is 15.4. The molecule has 1 aromatic carbocycles. The lowest BCUT2D eigenvalue weighted by Crippen LogP contribution is -2.54. The van der Waals surface area contributed by atoms with Crippen molar-refractivity contribution >= 4 is 30.5 Å². The number of benzene rings is 1. The zero-order valence-electron chi connectivity index (χ0n) is 24.3. The number of carbonyl (C=O) groups is 3. The molecule has 2 rings (SSSR count). The van der Waals surface area contributed by atoms with Crippen molar-refractivity contribution in [2.24, 2.45) is 0 Å². The SMILES string of the molecule is CCCCCCN(C(=O)C(CS)NC(=O)OC(C)(C)C)C(C(=O)NC1CCCCC1)c1cc(C)ccc1C. The van der Waals surface area contributed by atoms with Gasteiger partial charge in [0.2, 0.25) is 11.8 Å². The standard InChI is InChI=1S/C30H49N3O4S/c1-7-8-9-13-18-33(28(35)25(20-38)32-29(36)37-30(4,5)6)26(24-19-21(2)16-17-22(24)3)27(34)31-23-14-11-10-12-15-23/h16-17,19,23,25-26,38H,7-15,18,20H2,1-6H3,(H,31,34)(H,32,36). The summed E-state index contributed by atoms with van der Waals surface area (Å²) in [5.41, 5.74) is 2.09. The normalized spacial score (nSPS) is 15.9. The van der Waals surface area contributed by atoms with Crippen LogP contribution in [-0.2, 0) is 14.3 Å². The molecule has 0 spiro atoms. The second-order valence-corrected chi connectivity index (χ2v) is 11.9. The molecule has 7 nitrogen and oxygen atoms in total. The number of unbranched alkanes of at least 4 members (excludes halogenated alkanes) is 3. The van der Waals surface area contributed by atoms with E-state index in [1.165, 1.54) is 6.42 Å². The monoisotopic (exact) mass is 547 g/mol. The van der Waals surface area contributed by atoms with E-state index in [-0.39, 0.29) is 23.6 Å². The maximum atomic E-state index is 14.1. The molecule has 0 saturated heterocycles. The number of carbonyl (C=O) groups excluding carboxylic acids is 3. The summed E-state index contributed by atoms with van der Waals surface area (Å²) in [6.45, 7) is 11.8. The quantitative estimate of drug-likeness (QED) is 0.220. The van der Waals surface area contributed by atoms with Crippen LogP contribution in [0.4, 0.5) is 4.79 Å². The van der Waals surface area contributed by atoms with Gasteiger partial charge in [-0.25, -0.2) is 4.79 Å². The Morgan fingerprint density at radius 3 is 2.37 bits per heavy atom. The van der Waals surface area contributed by atoms with Gasteiger partial charge < -0.3 is 20.3 Å². The Bertz CT molecular complexity index is 925. The molecule has 0 radical (unpaired) electrons. The average Bonchev–Trinajstić information content (AvgIpc) is 2.85. The highest BCUT2D eigenvalue weighted by Crippen LogP contribution is 2.28. The molecule has 2 unspecified atom stereocenters. The van der Waals surface area contributed by atoms with Crippen molar-refractivity contribution in [2.45, 2.75) is 123 Å². The first-order chi connectivity index (χ1) is 18.0. The number of ether oxygens (including phenoxy) is 1. The summed E-state index contributed by atoms with van der Waals surface area (Å²) in [5.74, 6) is -0.399. The minimum Gasteiger partial charge on any atom is -0.444 e. The molecule has 0 heterocycles. The van der Waals surface area contributed by atoms with Crippen LogP contribution in [0.25, 0.3) is 0 Å². The molecule has 1 fully saturated rings. The maximum absolute atomic E-state index is 14.1. The highest BCUT2D eigenvalue weighted by Gasteiger charge is 2.37. The zero-order chi connectivity index (χ0) is 28.3. The highest BCUT2D eigenvalue weighted by atomic mass is 32.1. The van der Waals surface area contributed by atoms with Crippen molar-refractivity contribution in [1.82, 2.24) is 15.5 Å². The first-order valence-corrected chi connectivity index (χ1v) is 14.9. The number of alkyl carbamates (subject to hydrolysis) is 1. The number of thiol groups is 1. The van der Waals surface area contributed by atoms with E-state index in [4.69, 9.17) is 4.74 Å². The summed E-state index contributed by atoms with van der Waals surface area (Å²) in [7, 11) is 0. The third-order valence-electron chi connectivity index (χ3n) is 6.95. The lowest BCUT2D eigenvalue weighted by Gasteiger charge is -2.36. The summed E-state index contributed by atoms with van der Waals surface area (Å²) in [5, 5.41) is 5.96. The van der Waals surface area contributed by atoms with Crippen molar-refractivity contribution in [3.05, 3.63) is 34.9 Å². The van der Waals surface area contributed by atoms with Gasteiger partial charge in [-0.2, -0.15) is 12.6 Å². The molecule has 0 aliphatic heterocycles. The first kappa shape index (κ1) is 32.0.